The molecular weight excluding hydrogens is 390 g/mol. The van der Waals surface area contributed by atoms with Gasteiger partial charge in [-0.15, -0.1) is 11.3 Å². The van der Waals surface area contributed by atoms with Crippen LogP contribution in [-0.2, 0) is 9.53 Å². The molecule has 29 heavy (non-hydrogen) atoms. The Bertz CT molecular complexity index is 860. The number of quaternary nitrogens is 1. The van der Waals surface area contributed by atoms with Crippen LogP contribution in [0.3, 0.4) is 0 Å². The van der Waals surface area contributed by atoms with Gasteiger partial charge >= 0.3 is 5.97 Å². The summed E-state index contributed by atoms with van der Waals surface area (Å²) in [6.07, 6.45) is 5.67. The average Bonchev–Trinajstić information content (AvgIpc) is 3.50. The molecule has 2 N–H and O–H groups in total. The molecule has 1 saturated heterocycles. The molecule has 154 valence electrons. The molecule has 0 spiro atoms. The van der Waals surface area contributed by atoms with E-state index in [0.29, 0.717) is 29.6 Å². The number of hydrogen-bond acceptors (Lipinski definition) is 7. The number of anilines is 2. The maximum absolute atomic E-state index is 12.6. The van der Waals surface area contributed by atoms with Crippen LogP contribution in [0.15, 0.2) is 23.8 Å². The Kier molecular flexibility index (Phi) is 6.05. The second-order valence-electron chi connectivity index (χ2n) is 7.40. The van der Waals surface area contributed by atoms with Crippen LogP contribution in [0.4, 0.5) is 10.9 Å². The standard InChI is InChI=1S/C20H25N5O3S/c1-2-28-19(27)17-15(14-4-5-14)13-29-18(17)23-16(26)12-24-8-10-25(11-9-24)20-21-6-3-7-22-20/h3,6-7,13-14H,2,4-5,8-12H2,1H3,(H,23,26)/p+1. The van der Waals surface area contributed by atoms with E-state index in [1.165, 1.54) is 16.2 Å². The highest BCUT2D eigenvalue weighted by molar-refractivity contribution is 7.15. The first-order valence-electron chi connectivity index (χ1n) is 10.1. The molecule has 9 heteroatoms. The lowest BCUT2D eigenvalue weighted by Crippen LogP contribution is -3.15. The smallest absolute Gasteiger partial charge is 0.341 e. The van der Waals surface area contributed by atoms with Gasteiger partial charge in [-0.25, -0.2) is 14.8 Å². The number of nitrogens with one attached hydrogen (secondary N) is 2. The number of piperazine rings is 1. The maximum atomic E-state index is 12.6. The Morgan fingerprint density at radius 3 is 2.66 bits per heavy atom. The van der Waals surface area contributed by atoms with Crippen molar-refractivity contribution >= 4 is 34.2 Å². The van der Waals surface area contributed by atoms with Gasteiger partial charge in [-0.1, -0.05) is 0 Å². The summed E-state index contributed by atoms with van der Waals surface area (Å²) in [7, 11) is 0. The molecule has 0 bridgehead atoms. The first kappa shape index (κ1) is 19.8. The summed E-state index contributed by atoms with van der Waals surface area (Å²) in [5, 5.41) is 5.57. The van der Waals surface area contributed by atoms with Gasteiger partial charge in [0.05, 0.1) is 38.3 Å². The maximum Gasteiger partial charge on any atom is 0.341 e. The molecule has 0 aromatic carbocycles. The third-order valence-corrected chi connectivity index (χ3v) is 6.20. The van der Waals surface area contributed by atoms with Gasteiger partial charge < -0.3 is 19.9 Å². The minimum absolute atomic E-state index is 0.0702. The molecule has 0 unspecified atom stereocenters. The van der Waals surface area contributed by atoms with Gasteiger partial charge in [-0.2, -0.15) is 0 Å². The van der Waals surface area contributed by atoms with Crippen LogP contribution < -0.4 is 15.1 Å². The summed E-state index contributed by atoms with van der Waals surface area (Å²) in [6.45, 7) is 5.80. The van der Waals surface area contributed by atoms with Gasteiger partial charge in [0.1, 0.15) is 5.00 Å². The monoisotopic (exact) mass is 416 g/mol. The predicted octanol–water partition coefficient (Wildman–Crippen LogP) is 0.936. The number of rotatable bonds is 7. The number of amides is 1. The minimum atomic E-state index is -0.338. The number of carbonyl (C=O) groups excluding carboxylic acids is 2. The van der Waals surface area contributed by atoms with E-state index in [0.717, 1.165) is 50.5 Å². The van der Waals surface area contributed by atoms with E-state index in [9.17, 15) is 9.59 Å². The number of hydrogen-bond donors (Lipinski definition) is 2. The van der Waals surface area contributed by atoms with E-state index in [1.54, 1.807) is 25.4 Å². The molecule has 0 atom stereocenters. The number of aromatic nitrogens is 2. The lowest BCUT2D eigenvalue weighted by atomic mass is 10.1. The predicted molar refractivity (Wildman–Crippen MR) is 111 cm³/mol. The second-order valence-corrected chi connectivity index (χ2v) is 8.28. The van der Waals surface area contributed by atoms with Gasteiger partial charge in [-0.05, 0) is 42.7 Å². The van der Waals surface area contributed by atoms with Crippen molar-refractivity contribution in [3.8, 4) is 0 Å². The first-order valence-corrected chi connectivity index (χ1v) is 11.0. The molecule has 3 heterocycles. The van der Waals surface area contributed by atoms with Crippen molar-refractivity contribution in [2.24, 2.45) is 0 Å². The topological polar surface area (TPSA) is 88.9 Å². The number of esters is 1. The average molecular weight is 417 g/mol. The van der Waals surface area contributed by atoms with E-state index in [2.05, 4.69) is 20.2 Å². The highest BCUT2D eigenvalue weighted by Gasteiger charge is 2.33. The van der Waals surface area contributed by atoms with Crippen molar-refractivity contribution in [3.05, 3.63) is 35.0 Å². The summed E-state index contributed by atoms with van der Waals surface area (Å²) >= 11 is 1.42. The minimum Gasteiger partial charge on any atom is -0.462 e. The molecule has 2 fully saturated rings. The van der Waals surface area contributed by atoms with Crippen LogP contribution in [0.25, 0.3) is 0 Å². The zero-order valence-corrected chi connectivity index (χ0v) is 17.3. The Morgan fingerprint density at radius 2 is 2.00 bits per heavy atom. The largest absolute Gasteiger partial charge is 0.462 e. The van der Waals surface area contributed by atoms with Gasteiger partial charge in [0.25, 0.3) is 5.91 Å². The quantitative estimate of drug-likeness (QED) is 0.653. The Labute approximate surface area is 173 Å². The summed E-state index contributed by atoms with van der Waals surface area (Å²) in [5.74, 6) is 0.755. The fraction of sp³-hybridized carbons (Fsp3) is 0.500. The number of carbonyl (C=O) groups is 2. The summed E-state index contributed by atoms with van der Waals surface area (Å²) in [5.41, 5.74) is 1.57. The van der Waals surface area contributed by atoms with Crippen LogP contribution in [0.5, 0.6) is 0 Å². The summed E-state index contributed by atoms with van der Waals surface area (Å²) < 4.78 is 5.22. The molecule has 0 radical (unpaired) electrons. The van der Waals surface area contributed by atoms with Crippen molar-refractivity contribution in [2.75, 3.05) is 49.5 Å². The first-order chi connectivity index (χ1) is 14.2. The van der Waals surface area contributed by atoms with Crippen LogP contribution in [0.1, 0.15) is 41.6 Å². The molecule has 8 nitrogen and oxygen atoms in total. The molecule has 1 amide bonds. The fourth-order valence-electron chi connectivity index (χ4n) is 3.62. The molecule has 1 saturated carbocycles. The van der Waals surface area contributed by atoms with Crippen LogP contribution in [0.2, 0.25) is 0 Å². The van der Waals surface area contributed by atoms with Gasteiger partial charge in [0, 0.05) is 12.4 Å². The molecule has 4 rings (SSSR count). The van der Waals surface area contributed by atoms with E-state index in [-0.39, 0.29) is 11.9 Å². The number of thiophene rings is 1. The van der Waals surface area contributed by atoms with E-state index < -0.39 is 0 Å². The van der Waals surface area contributed by atoms with Crippen molar-refractivity contribution < 1.29 is 19.2 Å². The highest BCUT2D eigenvalue weighted by atomic mass is 32.1. The van der Waals surface area contributed by atoms with Crippen LogP contribution >= 0.6 is 11.3 Å². The van der Waals surface area contributed by atoms with E-state index >= 15 is 0 Å². The number of nitrogens with zero attached hydrogens (tertiary/aromatic N) is 3. The molecule has 2 aromatic heterocycles. The van der Waals surface area contributed by atoms with Gasteiger partial charge in [0.2, 0.25) is 5.95 Å². The third kappa shape index (κ3) is 4.73. The van der Waals surface area contributed by atoms with Crippen molar-refractivity contribution in [1.29, 1.82) is 0 Å². The van der Waals surface area contributed by atoms with Crippen LogP contribution in [-0.4, -0.2) is 61.2 Å². The zero-order chi connectivity index (χ0) is 20.2. The highest BCUT2D eigenvalue weighted by Crippen LogP contribution is 2.46. The van der Waals surface area contributed by atoms with E-state index in [1.807, 2.05) is 5.38 Å². The molecule has 1 aliphatic heterocycles. The third-order valence-electron chi connectivity index (χ3n) is 5.29. The summed E-state index contributed by atoms with van der Waals surface area (Å²) in [6, 6.07) is 1.80. The lowest BCUT2D eigenvalue weighted by molar-refractivity contribution is -0.892. The van der Waals surface area contributed by atoms with Crippen molar-refractivity contribution in [1.82, 2.24) is 9.97 Å². The summed E-state index contributed by atoms with van der Waals surface area (Å²) in [4.78, 5) is 37.0. The Hall–Kier alpha value is -2.52. The Morgan fingerprint density at radius 1 is 1.28 bits per heavy atom. The fourth-order valence-corrected chi connectivity index (χ4v) is 4.67. The number of ether oxygens (including phenoxy) is 1. The normalized spacial score (nSPS) is 17.2. The SMILES string of the molecule is CCOC(=O)c1c(C2CC2)csc1NC(=O)C[NH+]1CCN(c2ncccn2)CC1. The van der Waals surface area contributed by atoms with Crippen LogP contribution in [0, 0.1) is 0 Å². The van der Waals surface area contributed by atoms with E-state index in [4.69, 9.17) is 4.74 Å². The molecule has 2 aromatic rings. The second kappa shape index (κ2) is 8.87. The van der Waals surface area contributed by atoms with Gasteiger partial charge in [-0.3, -0.25) is 4.79 Å². The Balaban J connectivity index is 1.34. The zero-order valence-electron chi connectivity index (χ0n) is 16.5. The lowest BCUT2D eigenvalue weighted by Gasteiger charge is -2.31. The molecule has 2 aliphatic rings. The van der Waals surface area contributed by atoms with Gasteiger partial charge in [0.15, 0.2) is 6.54 Å². The molecule has 1 aliphatic carbocycles. The van der Waals surface area contributed by atoms with Crippen molar-refractivity contribution in [2.45, 2.75) is 25.7 Å². The molecular formula is C20H26N5O3S+. The van der Waals surface area contributed by atoms with Crippen molar-refractivity contribution in [3.63, 3.8) is 0 Å².